The zero-order valence-electron chi connectivity index (χ0n) is 18.2. The second kappa shape index (κ2) is 11.6. The Morgan fingerprint density at radius 1 is 1.13 bits per heavy atom. The predicted octanol–water partition coefficient (Wildman–Crippen LogP) is 4.67. The van der Waals surface area contributed by atoms with Gasteiger partial charge in [-0.05, 0) is 56.0 Å². The summed E-state index contributed by atoms with van der Waals surface area (Å²) in [5.74, 6) is 0.214. The minimum atomic E-state index is -0.646. The van der Waals surface area contributed by atoms with Gasteiger partial charge in [0.05, 0.1) is 0 Å². The summed E-state index contributed by atoms with van der Waals surface area (Å²) in [6.07, 6.45) is 1.88. The number of aryl methyl sites for hydroxylation is 1. The molecule has 1 atom stereocenters. The summed E-state index contributed by atoms with van der Waals surface area (Å²) >= 11 is 6.30. The third-order valence-electron chi connectivity index (χ3n) is 5.20. The van der Waals surface area contributed by atoms with E-state index >= 15 is 0 Å². The first-order valence-electron chi connectivity index (χ1n) is 10.3. The molecule has 0 aromatic heterocycles. The Morgan fingerprint density at radius 2 is 1.87 bits per heavy atom. The highest BCUT2D eigenvalue weighted by Crippen LogP contribution is 2.22. The number of carbonyl (C=O) groups excluding carboxylic acids is 2. The van der Waals surface area contributed by atoms with Crippen molar-refractivity contribution in [3.05, 3.63) is 64.2 Å². The second-order valence-electron chi connectivity index (χ2n) is 7.42. The van der Waals surface area contributed by atoms with E-state index in [0.717, 1.165) is 29.5 Å². The van der Waals surface area contributed by atoms with Gasteiger partial charge in [-0.15, -0.1) is 0 Å². The smallest absolute Gasteiger partial charge is 0.261 e. The fraction of sp³-hybridized carbons (Fsp3) is 0.417. The van der Waals surface area contributed by atoms with Crippen LogP contribution in [0.2, 0.25) is 5.02 Å². The van der Waals surface area contributed by atoms with Gasteiger partial charge in [0, 0.05) is 18.1 Å². The average Bonchev–Trinajstić information content (AvgIpc) is 2.73. The molecule has 0 saturated carbocycles. The van der Waals surface area contributed by atoms with Crippen molar-refractivity contribution in [3.8, 4) is 5.75 Å². The molecule has 162 valence electrons. The molecule has 1 N–H and O–H groups in total. The molecule has 2 aromatic carbocycles. The van der Waals surface area contributed by atoms with Crippen LogP contribution in [0.3, 0.4) is 0 Å². The van der Waals surface area contributed by atoms with Gasteiger partial charge in [-0.1, -0.05) is 55.3 Å². The zero-order chi connectivity index (χ0) is 22.1. The largest absolute Gasteiger partial charge is 0.483 e. The maximum atomic E-state index is 13.1. The van der Waals surface area contributed by atoms with Gasteiger partial charge < -0.3 is 15.0 Å². The van der Waals surface area contributed by atoms with Crippen LogP contribution in [0, 0.1) is 13.8 Å². The molecule has 30 heavy (non-hydrogen) atoms. The molecule has 6 heteroatoms. The molecular formula is C24H31ClN2O3. The van der Waals surface area contributed by atoms with Crippen molar-refractivity contribution in [1.82, 2.24) is 10.2 Å². The number of ether oxygens (including phenoxy) is 1. The van der Waals surface area contributed by atoms with E-state index in [0.29, 0.717) is 17.3 Å². The molecule has 0 heterocycles. The lowest BCUT2D eigenvalue weighted by atomic mass is 10.1. The van der Waals surface area contributed by atoms with Crippen LogP contribution in [0.25, 0.3) is 0 Å². The number of unbranched alkanes of at least 4 members (excludes halogenated alkanes) is 1. The van der Waals surface area contributed by atoms with Crippen molar-refractivity contribution >= 4 is 23.4 Å². The quantitative estimate of drug-likeness (QED) is 0.557. The van der Waals surface area contributed by atoms with Gasteiger partial charge in [-0.25, -0.2) is 0 Å². The first-order valence-corrected chi connectivity index (χ1v) is 10.7. The number of amides is 2. The van der Waals surface area contributed by atoms with Crippen molar-refractivity contribution in [2.75, 3.05) is 13.2 Å². The second-order valence-corrected chi connectivity index (χ2v) is 7.83. The number of benzene rings is 2. The van der Waals surface area contributed by atoms with Crippen LogP contribution in [-0.4, -0.2) is 35.9 Å². The molecule has 0 fully saturated rings. The monoisotopic (exact) mass is 430 g/mol. The SMILES string of the molecule is CCCCNC(=O)[C@@H](C)N(Cc1ccccc1Cl)C(=O)COc1cccc(C)c1C. The highest BCUT2D eigenvalue weighted by molar-refractivity contribution is 6.31. The van der Waals surface area contributed by atoms with Crippen molar-refractivity contribution in [3.63, 3.8) is 0 Å². The van der Waals surface area contributed by atoms with Crippen molar-refractivity contribution in [2.45, 2.75) is 53.1 Å². The van der Waals surface area contributed by atoms with Gasteiger partial charge in [-0.2, -0.15) is 0 Å². The standard InChI is InChI=1S/C24H31ClN2O3/c1-5-6-14-26-24(29)19(4)27(15-20-11-7-8-12-21(20)25)23(28)16-30-22-13-9-10-17(2)18(22)3/h7-13,19H,5-6,14-16H2,1-4H3,(H,26,29)/t19-/m1/s1. The number of halogens is 1. The van der Waals surface area contributed by atoms with Crippen molar-refractivity contribution < 1.29 is 14.3 Å². The van der Waals surface area contributed by atoms with Gasteiger partial charge >= 0.3 is 0 Å². The number of nitrogens with one attached hydrogen (secondary N) is 1. The minimum Gasteiger partial charge on any atom is -0.483 e. The number of hydrogen-bond acceptors (Lipinski definition) is 3. The highest BCUT2D eigenvalue weighted by Gasteiger charge is 2.27. The Bertz CT molecular complexity index is 869. The number of rotatable bonds is 10. The minimum absolute atomic E-state index is 0.151. The molecule has 0 aliphatic rings. The first-order chi connectivity index (χ1) is 14.3. The van der Waals surface area contributed by atoms with Crippen molar-refractivity contribution in [2.24, 2.45) is 0 Å². The third kappa shape index (κ3) is 6.49. The molecule has 2 amide bonds. The fourth-order valence-electron chi connectivity index (χ4n) is 3.03. The molecule has 0 unspecified atom stereocenters. The Hall–Kier alpha value is -2.53. The Morgan fingerprint density at radius 3 is 2.57 bits per heavy atom. The van der Waals surface area contributed by atoms with E-state index in [2.05, 4.69) is 12.2 Å². The van der Waals surface area contributed by atoms with Crippen LogP contribution in [0.5, 0.6) is 5.75 Å². The maximum absolute atomic E-state index is 13.1. The van der Waals surface area contributed by atoms with E-state index in [4.69, 9.17) is 16.3 Å². The Balaban J connectivity index is 2.16. The number of hydrogen-bond donors (Lipinski definition) is 1. The van der Waals surface area contributed by atoms with Gasteiger partial charge in [0.15, 0.2) is 6.61 Å². The van der Waals surface area contributed by atoms with Gasteiger partial charge in [0.2, 0.25) is 5.91 Å². The van der Waals surface area contributed by atoms with Crippen LogP contribution in [-0.2, 0) is 16.1 Å². The summed E-state index contributed by atoms with van der Waals surface area (Å²) < 4.78 is 5.80. The van der Waals surface area contributed by atoms with Gasteiger partial charge in [0.1, 0.15) is 11.8 Å². The van der Waals surface area contributed by atoms with Crippen LogP contribution in [0.1, 0.15) is 43.4 Å². The lowest BCUT2D eigenvalue weighted by Crippen LogP contribution is -2.49. The predicted molar refractivity (Wildman–Crippen MR) is 121 cm³/mol. The van der Waals surface area contributed by atoms with E-state index in [9.17, 15) is 9.59 Å². The van der Waals surface area contributed by atoms with Gasteiger partial charge in [0.25, 0.3) is 5.91 Å². The maximum Gasteiger partial charge on any atom is 0.261 e. The molecule has 0 aliphatic carbocycles. The summed E-state index contributed by atoms with van der Waals surface area (Å²) in [5, 5.41) is 3.46. The number of nitrogens with zero attached hydrogens (tertiary/aromatic N) is 1. The van der Waals surface area contributed by atoms with Crippen LogP contribution < -0.4 is 10.1 Å². The van der Waals surface area contributed by atoms with E-state index in [1.54, 1.807) is 13.0 Å². The van der Waals surface area contributed by atoms with Crippen LogP contribution >= 0.6 is 11.6 Å². The highest BCUT2D eigenvalue weighted by atomic mass is 35.5. The average molecular weight is 431 g/mol. The third-order valence-corrected chi connectivity index (χ3v) is 5.57. The molecular weight excluding hydrogens is 400 g/mol. The Labute approximate surface area is 184 Å². The van der Waals surface area contributed by atoms with Crippen LogP contribution in [0.4, 0.5) is 0 Å². The lowest BCUT2D eigenvalue weighted by molar-refractivity contribution is -0.142. The molecule has 0 spiro atoms. The van der Waals surface area contributed by atoms with Crippen LogP contribution in [0.15, 0.2) is 42.5 Å². The molecule has 2 rings (SSSR count). The zero-order valence-corrected chi connectivity index (χ0v) is 19.0. The normalized spacial score (nSPS) is 11.6. The van der Waals surface area contributed by atoms with Gasteiger partial charge in [-0.3, -0.25) is 9.59 Å². The summed E-state index contributed by atoms with van der Waals surface area (Å²) in [5.41, 5.74) is 2.87. The summed E-state index contributed by atoms with van der Waals surface area (Å²) in [6.45, 7) is 8.42. The first kappa shape index (κ1) is 23.7. The summed E-state index contributed by atoms with van der Waals surface area (Å²) in [6, 6.07) is 12.4. The molecule has 0 bridgehead atoms. The van der Waals surface area contributed by atoms with E-state index in [-0.39, 0.29) is 25.0 Å². The molecule has 5 nitrogen and oxygen atoms in total. The van der Waals surface area contributed by atoms with Crippen molar-refractivity contribution in [1.29, 1.82) is 0 Å². The summed E-state index contributed by atoms with van der Waals surface area (Å²) in [7, 11) is 0. The summed E-state index contributed by atoms with van der Waals surface area (Å²) in [4.78, 5) is 27.2. The topological polar surface area (TPSA) is 58.6 Å². The lowest BCUT2D eigenvalue weighted by Gasteiger charge is -2.29. The van der Waals surface area contributed by atoms with E-state index in [1.165, 1.54) is 4.90 Å². The number of carbonyl (C=O) groups is 2. The molecule has 2 aromatic rings. The molecule has 0 radical (unpaired) electrons. The Kier molecular flexibility index (Phi) is 9.18. The van der Waals surface area contributed by atoms with E-state index in [1.807, 2.05) is 50.2 Å². The molecule has 0 aliphatic heterocycles. The fourth-order valence-corrected chi connectivity index (χ4v) is 3.23. The van der Waals surface area contributed by atoms with E-state index < -0.39 is 6.04 Å². The molecule has 0 saturated heterocycles.